The number of allylic oxidation sites excluding steroid dienone is 1. The van der Waals surface area contributed by atoms with E-state index in [1.165, 1.54) is 0 Å². The van der Waals surface area contributed by atoms with E-state index < -0.39 is 0 Å². The van der Waals surface area contributed by atoms with Crippen molar-refractivity contribution >= 4 is 40.4 Å². The van der Waals surface area contributed by atoms with Crippen LogP contribution in [-0.2, 0) is 6.54 Å². The van der Waals surface area contributed by atoms with E-state index in [4.69, 9.17) is 0 Å². The van der Waals surface area contributed by atoms with Crippen molar-refractivity contribution < 1.29 is 9.59 Å². The van der Waals surface area contributed by atoms with Crippen molar-refractivity contribution in [2.75, 3.05) is 5.32 Å². The van der Waals surface area contributed by atoms with E-state index in [9.17, 15) is 9.59 Å². The van der Waals surface area contributed by atoms with E-state index in [2.05, 4.69) is 32.2 Å². The molecule has 1 amide bonds. The fraction of sp³-hybridized carbons (Fsp3) is 0.0690. The number of pyridine rings is 1. The number of aromatic nitrogens is 5. The summed E-state index contributed by atoms with van der Waals surface area (Å²) in [6.45, 7) is 5.96. The summed E-state index contributed by atoms with van der Waals surface area (Å²) < 4.78 is 1.59. The summed E-state index contributed by atoms with van der Waals surface area (Å²) >= 11 is 0. The highest BCUT2D eigenvalue weighted by atomic mass is 16.2. The molecule has 3 heterocycles. The largest absolute Gasteiger partial charge is 0.321 e. The van der Waals surface area contributed by atoms with Crippen LogP contribution < -0.4 is 5.32 Å². The summed E-state index contributed by atoms with van der Waals surface area (Å²) in [5.74, 6) is -0.470. The van der Waals surface area contributed by atoms with Crippen LogP contribution in [0.15, 0.2) is 85.6 Å². The Kier molecular flexibility index (Phi) is 6.54. The minimum atomic E-state index is -0.308. The number of nitrogens with zero attached hydrogens (tertiary/aromatic N) is 4. The summed E-state index contributed by atoms with van der Waals surface area (Å²) in [5.41, 5.74) is 4.99. The zero-order chi connectivity index (χ0) is 25.8. The molecule has 2 aromatic carbocycles. The van der Waals surface area contributed by atoms with E-state index in [0.717, 1.165) is 28.0 Å². The normalized spacial score (nSPS) is 11.2. The number of anilines is 1. The van der Waals surface area contributed by atoms with Crippen LogP contribution in [0.25, 0.3) is 23.1 Å². The lowest BCUT2D eigenvalue weighted by atomic mass is 10.0. The van der Waals surface area contributed by atoms with Crippen LogP contribution in [0.5, 0.6) is 0 Å². The van der Waals surface area contributed by atoms with E-state index in [0.29, 0.717) is 29.1 Å². The van der Waals surface area contributed by atoms with Gasteiger partial charge in [-0.3, -0.25) is 24.4 Å². The molecular formula is C29H24N6O2. The highest BCUT2D eigenvalue weighted by Gasteiger charge is 2.16. The molecule has 0 saturated heterocycles. The van der Waals surface area contributed by atoms with Crippen LogP contribution in [0.4, 0.5) is 5.69 Å². The molecule has 2 N–H and O–H groups in total. The first kappa shape index (κ1) is 23.6. The smallest absolute Gasteiger partial charge is 0.273 e. The maximum Gasteiger partial charge on any atom is 0.273 e. The summed E-state index contributed by atoms with van der Waals surface area (Å²) in [4.78, 5) is 30.4. The van der Waals surface area contributed by atoms with Crippen molar-refractivity contribution in [3.63, 3.8) is 0 Å². The Morgan fingerprint density at radius 2 is 1.89 bits per heavy atom. The number of aryl methyl sites for hydroxylation is 1. The van der Waals surface area contributed by atoms with E-state index in [1.54, 1.807) is 59.4 Å². The molecule has 0 fully saturated rings. The molecule has 0 saturated carbocycles. The van der Waals surface area contributed by atoms with Crippen LogP contribution in [0, 0.1) is 6.92 Å². The Hall–Kier alpha value is -5.11. The highest BCUT2D eigenvalue weighted by Crippen LogP contribution is 2.22. The van der Waals surface area contributed by atoms with Gasteiger partial charge >= 0.3 is 0 Å². The predicted molar refractivity (Wildman–Crippen MR) is 144 cm³/mol. The molecular weight excluding hydrogens is 464 g/mol. The van der Waals surface area contributed by atoms with Gasteiger partial charge in [0, 0.05) is 28.4 Å². The number of hydrogen-bond acceptors (Lipinski definition) is 5. The van der Waals surface area contributed by atoms with Gasteiger partial charge in [0.25, 0.3) is 5.91 Å². The number of aromatic amines is 1. The standard InChI is InChI=1S/C29H24N6O2/c1-3-15-35-27(16-19(2)34-35)29(37)31-23-9-6-7-20(17-23)28(36)21-10-12-24-25(32-33-26(24)18-21)13-11-22-8-4-5-14-30-22/h3-14,16-18H,1,15H2,2H3,(H,31,37)(H,32,33). The Morgan fingerprint density at radius 1 is 1.03 bits per heavy atom. The number of carbonyl (C=O) groups excluding carboxylic acids is 2. The predicted octanol–water partition coefficient (Wildman–Crippen LogP) is 5.30. The van der Waals surface area contributed by atoms with Gasteiger partial charge in [0.05, 0.1) is 29.1 Å². The van der Waals surface area contributed by atoms with Gasteiger partial charge in [-0.15, -0.1) is 6.58 Å². The van der Waals surface area contributed by atoms with Crippen LogP contribution in [0.3, 0.4) is 0 Å². The third kappa shape index (κ3) is 5.13. The van der Waals surface area contributed by atoms with Gasteiger partial charge in [-0.05, 0) is 61.5 Å². The van der Waals surface area contributed by atoms with Crippen LogP contribution in [-0.4, -0.2) is 36.7 Å². The Balaban J connectivity index is 1.35. The first-order chi connectivity index (χ1) is 18.0. The van der Waals surface area contributed by atoms with Crippen molar-refractivity contribution in [1.29, 1.82) is 0 Å². The molecule has 5 rings (SSSR count). The van der Waals surface area contributed by atoms with Gasteiger partial charge in [-0.1, -0.05) is 30.3 Å². The number of nitrogens with one attached hydrogen (secondary N) is 2. The fourth-order valence-electron chi connectivity index (χ4n) is 4.04. The number of hydrogen-bond donors (Lipinski definition) is 2. The first-order valence-corrected chi connectivity index (χ1v) is 11.7. The van der Waals surface area contributed by atoms with Crippen molar-refractivity contribution in [1.82, 2.24) is 25.0 Å². The lowest BCUT2D eigenvalue weighted by Gasteiger charge is -2.08. The Bertz CT molecular complexity index is 1650. The second-order valence-corrected chi connectivity index (χ2v) is 8.46. The van der Waals surface area contributed by atoms with Crippen LogP contribution in [0.2, 0.25) is 0 Å². The van der Waals surface area contributed by atoms with Crippen molar-refractivity contribution in [2.45, 2.75) is 13.5 Å². The fourth-order valence-corrected chi connectivity index (χ4v) is 4.04. The van der Waals surface area contributed by atoms with Gasteiger partial charge in [-0.25, -0.2) is 0 Å². The number of ketones is 1. The molecule has 0 aliphatic rings. The molecule has 0 atom stereocenters. The zero-order valence-electron chi connectivity index (χ0n) is 20.2. The average Bonchev–Trinajstić information content (AvgIpc) is 3.50. The maximum atomic E-state index is 13.3. The van der Waals surface area contributed by atoms with Crippen molar-refractivity contribution in [2.24, 2.45) is 0 Å². The maximum absolute atomic E-state index is 13.3. The molecule has 37 heavy (non-hydrogen) atoms. The van der Waals surface area contributed by atoms with Gasteiger partial charge in [0.2, 0.25) is 0 Å². The van der Waals surface area contributed by atoms with Gasteiger partial charge in [0.1, 0.15) is 5.69 Å². The van der Waals surface area contributed by atoms with Gasteiger partial charge in [-0.2, -0.15) is 10.2 Å². The highest BCUT2D eigenvalue weighted by molar-refractivity contribution is 6.12. The number of amides is 1. The molecule has 8 heteroatoms. The number of carbonyl (C=O) groups is 2. The molecule has 0 bridgehead atoms. The lowest BCUT2D eigenvalue weighted by molar-refractivity contribution is 0.101. The second kappa shape index (κ2) is 10.2. The Labute approximate surface area is 213 Å². The van der Waals surface area contributed by atoms with Crippen LogP contribution in [0.1, 0.15) is 43.5 Å². The monoisotopic (exact) mass is 488 g/mol. The molecule has 0 aliphatic heterocycles. The molecule has 0 spiro atoms. The molecule has 5 aromatic rings. The average molecular weight is 489 g/mol. The van der Waals surface area contributed by atoms with E-state index in [-0.39, 0.29) is 11.7 Å². The van der Waals surface area contributed by atoms with Crippen molar-refractivity contribution in [3.8, 4) is 0 Å². The molecule has 182 valence electrons. The van der Waals surface area contributed by atoms with Gasteiger partial charge < -0.3 is 5.32 Å². The minimum Gasteiger partial charge on any atom is -0.321 e. The van der Waals surface area contributed by atoms with E-state index in [1.807, 2.05) is 43.3 Å². The van der Waals surface area contributed by atoms with Gasteiger partial charge in [0.15, 0.2) is 5.78 Å². The van der Waals surface area contributed by atoms with Crippen molar-refractivity contribution in [3.05, 3.63) is 119 Å². The molecule has 3 aromatic heterocycles. The minimum absolute atomic E-state index is 0.161. The summed E-state index contributed by atoms with van der Waals surface area (Å²) in [6.07, 6.45) is 7.19. The summed E-state index contributed by atoms with van der Waals surface area (Å²) in [6, 6.07) is 19.7. The van der Waals surface area contributed by atoms with Crippen LogP contribution >= 0.6 is 0 Å². The number of benzene rings is 2. The van der Waals surface area contributed by atoms with E-state index >= 15 is 0 Å². The first-order valence-electron chi connectivity index (χ1n) is 11.7. The SMILES string of the molecule is C=CCn1nc(C)cc1C(=O)Nc1cccc(C(=O)c2ccc3c(C=Cc4ccccn4)n[nH]c3c2)c1. The third-order valence-electron chi connectivity index (χ3n) is 5.77. The molecule has 0 aliphatic carbocycles. The summed E-state index contributed by atoms with van der Waals surface area (Å²) in [7, 11) is 0. The number of fused-ring (bicyclic) bond motifs is 1. The number of rotatable bonds is 8. The summed E-state index contributed by atoms with van der Waals surface area (Å²) in [5, 5.41) is 15.4. The quantitative estimate of drug-likeness (QED) is 0.228. The Morgan fingerprint density at radius 3 is 2.70 bits per heavy atom. The lowest BCUT2D eigenvalue weighted by Crippen LogP contribution is -2.17. The third-order valence-corrected chi connectivity index (χ3v) is 5.77. The number of H-pyrrole nitrogens is 1. The topological polar surface area (TPSA) is 106 Å². The molecule has 8 nitrogen and oxygen atoms in total. The molecule has 0 radical (unpaired) electrons. The zero-order valence-corrected chi connectivity index (χ0v) is 20.2. The second-order valence-electron chi connectivity index (χ2n) is 8.46. The molecule has 0 unspecified atom stereocenters.